The summed E-state index contributed by atoms with van der Waals surface area (Å²) < 4.78 is 32.8. The SMILES string of the molecule is C=Nc1ccc(S(=O)(=O)N2CCC[C@H]2C(=O)N[C@H](C)Cc2ccc(OC(=O)N(C)C)cc2)cc1. The van der Waals surface area contributed by atoms with Crippen LogP contribution in [0.4, 0.5) is 10.5 Å². The third kappa shape index (κ3) is 6.00. The summed E-state index contributed by atoms with van der Waals surface area (Å²) in [6.45, 7) is 5.59. The summed E-state index contributed by atoms with van der Waals surface area (Å²) in [5.41, 5.74) is 1.52. The van der Waals surface area contributed by atoms with E-state index in [2.05, 4.69) is 17.0 Å². The summed E-state index contributed by atoms with van der Waals surface area (Å²) in [5, 5.41) is 2.94. The molecule has 0 unspecified atom stereocenters. The zero-order valence-corrected chi connectivity index (χ0v) is 20.4. The van der Waals surface area contributed by atoms with Crippen molar-refractivity contribution in [1.29, 1.82) is 0 Å². The van der Waals surface area contributed by atoms with Crippen molar-refractivity contribution in [3.8, 4) is 5.75 Å². The van der Waals surface area contributed by atoms with E-state index >= 15 is 0 Å². The van der Waals surface area contributed by atoms with Gasteiger partial charge in [-0.05, 0) is 74.9 Å². The molecule has 1 N–H and O–H groups in total. The number of nitrogens with one attached hydrogen (secondary N) is 1. The Kier molecular flexibility index (Phi) is 8.06. The van der Waals surface area contributed by atoms with E-state index in [4.69, 9.17) is 4.74 Å². The molecule has 0 saturated carbocycles. The van der Waals surface area contributed by atoms with Crippen LogP contribution in [-0.2, 0) is 21.2 Å². The molecule has 3 rings (SSSR count). The van der Waals surface area contributed by atoms with Crippen molar-refractivity contribution in [3.05, 3.63) is 54.1 Å². The molecule has 34 heavy (non-hydrogen) atoms. The third-order valence-corrected chi connectivity index (χ3v) is 7.48. The first-order chi connectivity index (χ1) is 16.1. The average molecular weight is 487 g/mol. The fraction of sp³-hybridized carbons (Fsp3) is 0.375. The number of amides is 2. The van der Waals surface area contributed by atoms with Crippen LogP contribution in [-0.4, -0.2) is 69.1 Å². The lowest BCUT2D eigenvalue weighted by Crippen LogP contribution is -2.48. The molecule has 9 nitrogen and oxygen atoms in total. The Morgan fingerprint density at radius 2 is 1.82 bits per heavy atom. The maximum absolute atomic E-state index is 13.1. The number of rotatable bonds is 8. The van der Waals surface area contributed by atoms with Gasteiger partial charge in [0.2, 0.25) is 15.9 Å². The van der Waals surface area contributed by atoms with E-state index in [-0.39, 0.29) is 16.8 Å². The highest BCUT2D eigenvalue weighted by atomic mass is 32.2. The van der Waals surface area contributed by atoms with Crippen LogP contribution in [0, 0.1) is 0 Å². The number of ether oxygens (including phenoxy) is 1. The second-order valence-corrected chi connectivity index (χ2v) is 10.3. The van der Waals surface area contributed by atoms with Crippen LogP contribution < -0.4 is 10.1 Å². The monoisotopic (exact) mass is 486 g/mol. The Labute approximate surface area is 200 Å². The summed E-state index contributed by atoms with van der Waals surface area (Å²) in [6, 6.07) is 12.2. The Balaban J connectivity index is 1.61. The third-order valence-electron chi connectivity index (χ3n) is 5.56. The van der Waals surface area contributed by atoms with Crippen molar-refractivity contribution < 1.29 is 22.7 Å². The first-order valence-corrected chi connectivity index (χ1v) is 12.4. The lowest BCUT2D eigenvalue weighted by Gasteiger charge is -2.25. The first kappa shape index (κ1) is 25.4. The Morgan fingerprint density at radius 3 is 2.41 bits per heavy atom. The van der Waals surface area contributed by atoms with Crippen LogP contribution in [0.2, 0.25) is 0 Å². The van der Waals surface area contributed by atoms with E-state index in [9.17, 15) is 18.0 Å². The molecule has 0 radical (unpaired) electrons. The summed E-state index contributed by atoms with van der Waals surface area (Å²) in [6.07, 6.45) is 1.17. The summed E-state index contributed by atoms with van der Waals surface area (Å²) in [5.74, 6) is 0.123. The summed E-state index contributed by atoms with van der Waals surface area (Å²) >= 11 is 0. The lowest BCUT2D eigenvalue weighted by atomic mass is 10.1. The molecule has 1 fully saturated rings. The van der Waals surface area contributed by atoms with Gasteiger partial charge in [0.05, 0.1) is 10.6 Å². The molecule has 10 heteroatoms. The molecule has 1 saturated heterocycles. The lowest BCUT2D eigenvalue weighted by molar-refractivity contribution is -0.124. The minimum Gasteiger partial charge on any atom is -0.410 e. The topological polar surface area (TPSA) is 108 Å². The molecule has 0 spiro atoms. The number of hydrogen-bond donors (Lipinski definition) is 1. The largest absolute Gasteiger partial charge is 0.414 e. The maximum atomic E-state index is 13.1. The van der Waals surface area contributed by atoms with Gasteiger partial charge in [-0.2, -0.15) is 4.31 Å². The Bertz CT molecular complexity index is 1130. The number of sulfonamides is 1. The molecule has 0 aliphatic carbocycles. The van der Waals surface area contributed by atoms with Crippen molar-refractivity contribution in [2.75, 3.05) is 20.6 Å². The Morgan fingerprint density at radius 1 is 1.18 bits per heavy atom. The van der Waals surface area contributed by atoms with Crippen LogP contribution in [0.25, 0.3) is 0 Å². The quantitative estimate of drug-likeness (QED) is 0.577. The number of carbonyl (C=O) groups excluding carboxylic acids is 2. The van der Waals surface area contributed by atoms with Crippen LogP contribution in [0.1, 0.15) is 25.3 Å². The molecule has 0 aromatic heterocycles. The van der Waals surface area contributed by atoms with Gasteiger partial charge in [-0.25, -0.2) is 13.2 Å². The standard InChI is InChI=1S/C24H30N4O5S/c1-17(16-18-7-11-20(12-8-18)33-24(30)27(3)4)26-23(29)22-6-5-15-28(22)34(31,32)21-13-9-19(25-2)10-14-21/h7-14,17,22H,2,5-6,15-16H2,1,3-4H3,(H,26,29)/t17-,22+/m1/s1. The van der Waals surface area contributed by atoms with Gasteiger partial charge in [-0.1, -0.05) is 12.1 Å². The van der Waals surface area contributed by atoms with Gasteiger partial charge in [0, 0.05) is 26.7 Å². The van der Waals surface area contributed by atoms with E-state index in [1.165, 1.54) is 21.3 Å². The number of carbonyl (C=O) groups is 2. The molecule has 182 valence electrons. The average Bonchev–Trinajstić information content (AvgIpc) is 3.31. The van der Waals surface area contributed by atoms with Gasteiger partial charge in [-0.3, -0.25) is 9.79 Å². The first-order valence-electron chi connectivity index (χ1n) is 11.0. The fourth-order valence-corrected chi connectivity index (χ4v) is 5.43. The highest BCUT2D eigenvalue weighted by Crippen LogP contribution is 2.27. The smallest absolute Gasteiger partial charge is 0.410 e. The van der Waals surface area contributed by atoms with Gasteiger partial charge in [0.15, 0.2) is 0 Å². The predicted molar refractivity (Wildman–Crippen MR) is 130 cm³/mol. The van der Waals surface area contributed by atoms with Gasteiger partial charge in [0.25, 0.3) is 0 Å². The van der Waals surface area contributed by atoms with E-state index in [1.54, 1.807) is 38.4 Å². The van der Waals surface area contributed by atoms with Crippen molar-refractivity contribution in [2.24, 2.45) is 4.99 Å². The Hall–Kier alpha value is -3.24. The van der Waals surface area contributed by atoms with Crippen molar-refractivity contribution in [2.45, 2.75) is 43.2 Å². The summed E-state index contributed by atoms with van der Waals surface area (Å²) in [7, 11) is -0.598. The van der Waals surface area contributed by atoms with Crippen molar-refractivity contribution in [1.82, 2.24) is 14.5 Å². The van der Waals surface area contributed by atoms with Crippen LogP contribution in [0.15, 0.2) is 58.4 Å². The molecule has 1 aliphatic heterocycles. The fourth-order valence-electron chi connectivity index (χ4n) is 3.78. The van der Waals surface area contributed by atoms with E-state index in [1.807, 2.05) is 19.1 Å². The number of aliphatic imine (C=N–C) groups is 1. The zero-order chi connectivity index (χ0) is 24.9. The van der Waals surface area contributed by atoms with E-state index in [0.29, 0.717) is 37.2 Å². The molecule has 0 bridgehead atoms. The number of hydrogen-bond acceptors (Lipinski definition) is 6. The van der Waals surface area contributed by atoms with Gasteiger partial charge in [0.1, 0.15) is 11.8 Å². The molecule has 2 amide bonds. The second kappa shape index (κ2) is 10.8. The molecule has 1 heterocycles. The highest BCUT2D eigenvalue weighted by molar-refractivity contribution is 7.89. The minimum absolute atomic E-state index is 0.128. The van der Waals surface area contributed by atoms with Gasteiger partial charge < -0.3 is 15.0 Å². The number of nitrogens with zero attached hydrogens (tertiary/aromatic N) is 3. The highest BCUT2D eigenvalue weighted by Gasteiger charge is 2.39. The van der Waals surface area contributed by atoms with E-state index < -0.39 is 22.2 Å². The normalized spacial score (nSPS) is 17.1. The molecule has 2 aromatic carbocycles. The molecular weight excluding hydrogens is 456 g/mol. The second-order valence-electron chi connectivity index (χ2n) is 8.45. The molecule has 2 atom stereocenters. The molecule has 1 aliphatic rings. The maximum Gasteiger partial charge on any atom is 0.414 e. The minimum atomic E-state index is -3.81. The molecular formula is C24H30N4O5S. The van der Waals surface area contributed by atoms with Crippen molar-refractivity contribution in [3.63, 3.8) is 0 Å². The predicted octanol–water partition coefficient (Wildman–Crippen LogP) is 2.98. The number of benzene rings is 2. The van der Waals surface area contributed by atoms with Gasteiger partial charge in [-0.15, -0.1) is 0 Å². The van der Waals surface area contributed by atoms with Crippen LogP contribution in [0.3, 0.4) is 0 Å². The summed E-state index contributed by atoms with van der Waals surface area (Å²) in [4.78, 5) is 29.9. The van der Waals surface area contributed by atoms with Crippen molar-refractivity contribution >= 4 is 34.4 Å². The van der Waals surface area contributed by atoms with Gasteiger partial charge >= 0.3 is 6.09 Å². The van der Waals surface area contributed by atoms with E-state index in [0.717, 1.165) is 5.56 Å². The zero-order valence-electron chi connectivity index (χ0n) is 19.6. The van der Waals surface area contributed by atoms with Crippen LogP contribution >= 0.6 is 0 Å². The molecule has 2 aromatic rings. The van der Waals surface area contributed by atoms with Crippen LogP contribution in [0.5, 0.6) is 5.75 Å².